The van der Waals surface area contributed by atoms with E-state index in [4.69, 9.17) is 9.73 Å². The van der Waals surface area contributed by atoms with Crippen molar-refractivity contribution in [1.82, 2.24) is 15.5 Å². The topological polar surface area (TPSA) is 48.9 Å². The predicted molar refractivity (Wildman–Crippen MR) is 104 cm³/mol. The molecular formula is C19H40N4O. The third-order valence-electron chi connectivity index (χ3n) is 5.05. The van der Waals surface area contributed by atoms with Gasteiger partial charge in [0.25, 0.3) is 0 Å². The van der Waals surface area contributed by atoms with Crippen LogP contribution in [0.2, 0.25) is 0 Å². The first kappa shape index (κ1) is 21.2. The van der Waals surface area contributed by atoms with Gasteiger partial charge in [-0.3, -0.25) is 4.99 Å². The minimum atomic E-state index is 0.126. The molecule has 1 unspecified atom stereocenters. The molecule has 1 saturated heterocycles. The Labute approximate surface area is 149 Å². The second kappa shape index (κ2) is 10.9. The van der Waals surface area contributed by atoms with E-state index in [0.29, 0.717) is 6.04 Å². The van der Waals surface area contributed by atoms with E-state index < -0.39 is 0 Å². The van der Waals surface area contributed by atoms with Gasteiger partial charge in [-0.05, 0) is 53.1 Å². The summed E-state index contributed by atoms with van der Waals surface area (Å²) in [6.45, 7) is 12.3. The third kappa shape index (κ3) is 7.39. The second-order valence-electron chi connectivity index (χ2n) is 7.80. The second-order valence-corrected chi connectivity index (χ2v) is 7.80. The molecule has 0 radical (unpaired) electrons. The largest absolute Gasteiger partial charge is 0.381 e. The Kier molecular flexibility index (Phi) is 9.67. The highest BCUT2D eigenvalue weighted by atomic mass is 16.5. The van der Waals surface area contributed by atoms with Crippen molar-refractivity contribution in [1.29, 1.82) is 0 Å². The number of likely N-dealkylation sites (N-methyl/N-ethyl adjacent to an activating group) is 1. The van der Waals surface area contributed by atoms with Crippen molar-refractivity contribution in [2.24, 2.45) is 10.9 Å². The Hall–Kier alpha value is -0.810. The van der Waals surface area contributed by atoms with Crippen LogP contribution < -0.4 is 10.6 Å². The molecule has 1 atom stereocenters. The highest BCUT2D eigenvalue weighted by Crippen LogP contribution is 2.26. The van der Waals surface area contributed by atoms with Crippen LogP contribution in [-0.4, -0.2) is 62.8 Å². The van der Waals surface area contributed by atoms with Crippen molar-refractivity contribution in [2.45, 2.75) is 71.4 Å². The Morgan fingerprint density at radius 1 is 1.17 bits per heavy atom. The summed E-state index contributed by atoms with van der Waals surface area (Å²) < 4.78 is 5.55. The average molecular weight is 341 g/mol. The number of hydrogen-bond acceptors (Lipinski definition) is 3. The number of nitrogens with zero attached hydrogens (tertiary/aromatic N) is 2. The molecule has 1 rings (SSSR count). The SMILES string of the molecule is CCNC(=NCC1(N(C)C)CCOCC1)NC(C)CCCC(C)C. The monoisotopic (exact) mass is 340 g/mol. The van der Waals surface area contributed by atoms with Crippen LogP contribution >= 0.6 is 0 Å². The third-order valence-corrected chi connectivity index (χ3v) is 5.05. The first-order valence-electron chi connectivity index (χ1n) is 9.69. The molecule has 1 heterocycles. The quantitative estimate of drug-likeness (QED) is 0.500. The lowest BCUT2D eigenvalue weighted by Crippen LogP contribution is -2.52. The molecule has 1 aliphatic heterocycles. The molecule has 0 saturated carbocycles. The van der Waals surface area contributed by atoms with Crippen molar-refractivity contribution < 1.29 is 4.74 Å². The van der Waals surface area contributed by atoms with Crippen molar-refractivity contribution in [3.05, 3.63) is 0 Å². The summed E-state index contributed by atoms with van der Waals surface area (Å²) in [5.74, 6) is 1.73. The molecule has 0 aromatic carbocycles. The number of hydrogen-bond donors (Lipinski definition) is 2. The first-order valence-corrected chi connectivity index (χ1v) is 9.69. The molecule has 5 heteroatoms. The fourth-order valence-electron chi connectivity index (χ4n) is 3.18. The fraction of sp³-hybridized carbons (Fsp3) is 0.947. The molecule has 0 aliphatic carbocycles. The average Bonchev–Trinajstić information content (AvgIpc) is 2.53. The molecule has 5 nitrogen and oxygen atoms in total. The number of aliphatic imine (C=N–C) groups is 1. The Morgan fingerprint density at radius 2 is 1.83 bits per heavy atom. The number of ether oxygens (including phenoxy) is 1. The van der Waals surface area contributed by atoms with Gasteiger partial charge in [0.15, 0.2) is 5.96 Å². The van der Waals surface area contributed by atoms with Crippen molar-refractivity contribution in [3.63, 3.8) is 0 Å². The maximum atomic E-state index is 5.55. The van der Waals surface area contributed by atoms with E-state index >= 15 is 0 Å². The highest BCUT2D eigenvalue weighted by molar-refractivity contribution is 5.80. The van der Waals surface area contributed by atoms with Gasteiger partial charge >= 0.3 is 0 Å². The van der Waals surface area contributed by atoms with E-state index in [1.807, 2.05) is 0 Å². The van der Waals surface area contributed by atoms with E-state index in [1.54, 1.807) is 0 Å². The standard InChI is InChI=1S/C19H40N4O/c1-7-20-18(22-17(4)10-8-9-16(2)3)21-15-19(23(5)6)11-13-24-14-12-19/h16-17H,7-15H2,1-6H3,(H2,20,21,22). The van der Waals surface area contributed by atoms with Crippen LogP contribution in [0.15, 0.2) is 4.99 Å². The van der Waals surface area contributed by atoms with E-state index in [2.05, 4.69) is 57.3 Å². The summed E-state index contributed by atoms with van der Waals surface area (Å²) in [5.41, 5.74) is 0.126. The molecule has 1 fully saturated rings. The summed E-state index contributed by atoms with van der Waals surface area (Å²) in [7, 11) is 4.32. The van der Waals surface area contributed by atoms with Crippen LogP contribution in [0.5, 0.6) is 0 Å². The van der Waals surface area contributed by atoms with E-state index in [-0.39, 0.29) is 5.54 Å². The summed E-state index contributed by atoms with van der Waals surface area (Å²) in [6.07, 6.45) is 5.85. The minimum absolute atomic E-state index is 0.126. The lowest BCUT2D eigenvalue weighted by atomic mass is 9.89. The van der Waals surface area contributed by atoms with E-state index in [0.717, 1.165) is 51.0 Å². The molecule has 142 valence electrons. The van der Waals surface area contributed by atoms with Crippen LogP contribution in [0.1, 0.15) is 59.8 Å². The Balaban J connectivity index is 2.59. The Bertz CT molecular complexity index is 362. The smallest absolute Gasteiger partial charge is 0.191 e. The zero-order chi connectivity index (χ0) is 18.0. The Morgan fingerprint density at radius 3 is 2.38 bits per heavy atom. The molecule has 2 N–H and O–H groups in total. The summed E-state index contributed by atoms with van der Waals surface area (Å²) >= 11 is 0. The van der Waals surface area contributed by atoms with Crippen LogP contribution in [0.4, 0.5) is 0 Å². The highest BCUT2D eigenvalue weighted by Gasteiger charge is 2.34. The molecule has 0 spiro atoms. The minimum Gasteiger partial charge on any atom is -0.381 e. The molecular weight excluding hydrogens is 300 g/mol. The maximum absolute atomic E-state index is 5.55. The lowest BCUT2D eigenvalue weighted by Gasteiger charge is -2.41. The summed E-state index contributed by atoms with van der Waals surface area (Å²) in [4.78, 5) is 7.24. The summed E-state index contributed by atoms with van der Waals surface area (Å²) in [6, 6.07) is 0.451. The lowest BCUT2D eigenvalue weighted by molar-refractivity contribution is -0.00255. The molecule has 0 bridgehead atoms. The van der Waals surface area contributed by atoms with Gasteiger partial charge in [0, 0.05) is 31.3 Å². The van der Waals surface area contributed by atoms with E-state index in [9.17, 15) is 0 Å². The predicted octanol–water partition coefficient (Wildman–Crippen LogP) is 2.87. The molecule has 1 aliphatic rings. The first-order chi connectivity index (χ1) is 11.4. The van der Waals surface area contributed by atoms with Crippen molar-refractivity contribution >= 4 is 5.96 Å². The fourth-order valence-corrected chi connectivity index (χ4v) is 3.18. The summed E-state index contributed by atoms with van der Waals surface area (Å²) in [5, 5.41) is 6.97. The number of guanidine groups is 1. The number of nitrogens with one attached hydrogen (secondary N) is 2. The molecule has 0 amide bonds. The van der Waals surface area contributed by atoms with Gasteiger partial charge in [0.05, 0.1) is 6.54 Å². The van der Waals surface area contributed by atoms with Crippen LogP contribution in [0.3, 0.4) is 0 Å². The van der Waals surface area contributed by atoms with Gasteiger partial charge in [-0.1, -0.05) is 26.7 Å². The van der Waals surface area contributed by atoms with Gasteiger partial charge in [-0.2, -0.15) is 0 Å². The maximum Gasteiger partial charge on any atom is 0.191 e. The van der Waals surface area contributed by atoms with Gasteiger partial charge < -0.3 is 20.3 Å². The molecule has 0 aromatic rings. The van der Waals surface area contributed by atoms with Gasteiger partial charge in [-0.25, -0.2) is 0 Å². The number of rotatable bonds is 9. The van der Waals surface area contributed by atoms with Crippen molar-refractivity contribution in [3.8, 4) is 0 Å². The molecule has 0 aromatic heterocycles. The van der Waals surface area contributed by atoms with Gasteiger partial charge in [0.2, 0.25) is 0 Å². The zero-order valence-corrected chi connectivity index (χ0v) is 16.8. The van der Waals surface area contributed by atoms with Gasteiger partial charge in [0.1, 0.15) is 0 Å². The molecule has 24 heavy (non-hydrogen) atoms. The van der Waals surface area contributed by atoms with Crippen LogP contribution in [-0.2, 0) is 4.74 Å². The zero-order valence-electron chi connectivity index (χ0n) is 16.8. The van der Waals surface area contributed by atoms with Crippen LogP contribution in [0, 0.1) is 5.92 Å². The van der Waals surface area contributed by atoms with Gasteiger partial charge in [-0.15, -0.1) is 0 Å². The van der Waals surface area contributed by atoms with Crippen molar-refractivity contribution in [2.75, 3.05) is 40.4 Å². The normalized spacial score (nSPS) is 19.6. The van der Waals surface area contributed by atoms with Crippen LogP contribution in [0.25, 0.3) is 0 Å². The van der Waals surface area contributed by atoms with E-state index in [1.165, 1.54) is 19.3 Å².